The first-order chi connectivity index (χ1) is 12.3. The Morgan fingerprint density at radius 2 is 1.81 bits per heavy atom. The molecular formula is C16H24ClN5O3S. The normalized spacial score (nSPS) is 19.2. The molecule has 1 aromatic rings. The maximum atomic E-state index is 12.8. The molecule has 0 N–H and O–H groups in total. The van der Waals surface area contributed by atoms with E-state index in [1.165, 1.54) is 12.5 Å². The highest BCUT2D eigenvalue weighted by Crippen LogP contribution is 2.21. The number of amides is 1. The van der Waals surface area contributed by atoms with Gasteiger partial charge in [0.25, 0.3) is 5.91 Å². The monoisotopic (exact) mass is 401 g/mol. The summed E-state index contributed by atoms with van der Waals surface area (Å²) in [6.07, 6.45) is 4.94. The van der Waals surface area contributed by atoms with Crippen LogP contribution in [-0.2, 0) is 9.84 Å². The van der Waals surface area contributed by atoms with E-state index in [1.807, 2.05) is 0 Å². The predicted molar refractivity (Wildman–Crippen MR) is 101 cm³/mol. The van der Waals surface area contributed by atoms with E-state index in [-0.39, 0.29) is 22.4 Å². The van der Waals surface area contributed by atoms with Gasteiger partial charge in [-0.05, 0) is 12.8 Å². The number of sulfone groups is 1. The standard InChI is InChI=1S/C16H24ClN5O3S/c1-26(24,25)11-10-20-6-8-21(9-7-20)15(23)14-13(17)12-18-16(19-14)22-4-2-3-5-22/h12H,2-11H2,1H3. The van der Waals surface area contributed by atoms with Gasteiger partial charge in [0, 0.05) is 52.1 Å². The summed E-state index contributed by atoms with van der Waals surface area (Å²) < 4.78 is 22.6. The molecule has 10 heteroatoms. The van der Waals surface area contributed by atoms with Crippen LogP contribution >= 0.6 is 11.6 Å². The predicted octanol–water partition coefficient (Wildman–Crippen LogP) is 0.533. The van der Waals surface area contributed by atoms with Crippen molar-refractivity contribution >= 4 is 33.3 Å². The smallest absolute Gasteiger partial charge is 0.274 e. The van der Waals surface area contributed by atoms with Crippen LogP contribution in [-0.4, -0.2) is 91.9 Å². The van der Waals surface area contributed by atoms with Crippen molar-refractivity contribution in [2.24, 2.45) is 0 Å². The number of rotatable bonds is 5. The molecule has 8 nitrogen and oxygen atoms in total. The lowest BCUT2D eigenvalue weighted by atomic mass is 10.2. The second-order valence-electron chi connectivity index (χ2n) is 6.82. The summed E-state index contributed by atoms with van der Waals surface area (Å²) in [4.78, 5) is 27.3. The first-order valence-electron chi connectivity index (χ1n) is 8.80. The van der Waals surface area contributed by atoms with Crippen LogP contribution in [0.2, 0.25) is 5.02 Å². The molecule has 2 aliphatic rings. The van der Waals surface area contributed by atoms with Gasteiger partial charge in [-0.1, -0.05) is 11.6 Å². The molecule has 144 valence electrons. The molecule has 0 radical (unpaired) electrons. The van der Waals surface area contributed by atoms with Gasteiger partial charge in [-0.15, -0.1) is 0 Å². The van der Waals surface area contributed by atoms with Crippen LogP contribution in [0, 0.1) is 0 Å². The van der Waals surface area contributed by atoms with Gasteiger partial charge in [0.05, 0.1) is 17.0 Å². The van der Waals surface area contributed by atoms with E-state index < -0.39 is 9.84 Å². The second-order valence-corrected chi connectivity index (χ2v) is 9.49. The summed E-state index contributed by atoms with van der Waals surface area (Å²) in [6, 6.07) is 0. The zero-order valence-electron chi connectivity index (χ0n) is 14.9. The van der Waals surface area contributed by atoms with Crippen LogP contribution in [0.5, 0.6) is 0 Å². The molecule has 0 spiro atoms. The molecule has 2 fully saturated rings. The Bertz CT molecular complexity index is 759. The number of halogens is 1. The second kappa shape index (κ2) is 8.06. The Morgan fingerprint density at radius 1 is 1.15 bits per heavy atom. The lowest BCUT2D eigenvalue weighted by Gasteiger charge is -2.34. The minimum atomic E-state index is -2.98. The summed E-state index contributed by atoms with van der Waals surface area (Å²) in [6.45, 7) is 4.63. The third-order valence-electron chi connectivity index (χ3n) is 4.76. The average molecular weight is 402 g/mol. The number of carbonyl (C=O) groups excluding carboxylic acids is 1. The molecule has 0 aromatic carbocycles. The van der Waals surface area contributed by atoms with E-state index in [0.717, 1.165) is 25.9 Å². The van der Waals surface area contributed by atoms with Crippen molar-refractivity contribution in [3.8, 4) is 0 Å². The number of hydrogen-bond acceptors (Lipinski definition) is 7. The molecule has 2 saturated heterocycles. The topological polar surface area (TPSA) is 86.7 Å². The fraction of sp³-hybridized carbons (Fsp3) is 0.688. The zero-order chi connectivity index (χ0) is 18.7. The molecule has 3 rings (SSSR count). The highest BCUT2D eigenvalue weighted by Gasteiger charge is 2.26. The molecule has 1 aromatic heterocycles. The zero-order valence-corrected chi connectivity index (χ0v) is 16.5. The number of hydrogen-bond donors (Lipinski definition) is 0. The van der Waals surface area contributed by atoms with Crippen LogP contribution in [0.4, 0.5) is 5.95 Å². The van der Waals surface area contributed by atoms with E-state index in [1.54, 1.807) is 4.90 Å². The number of nitrogens with zero attached hydrogens (tertiary/aromatic N) is 5. The van der Waals surface area contributed by atoms with Gasteiger partial charge in [0.2, 0.25) is 5.95 Å². The number of anilines is 1. The largest absolute Gasteiger partial charge is 0.341 e. The number of aromatic nitrogens is 2. The van der Waals surface area contributed by atoms with Crippen molar-refractivity contribution in [3.05, 3.63) is 16.9 Å². The molecule has 0 unspecified atom stereocenters. The summed E-state index contributed by atoms with van der Waals surface area (Å²) >= 11 is 6.18. The van der Waals surface area contributed by atoms with Crippen LogP contribution in [0.25, 0.3) is 0 Å². The maximum absolute atomic E-state index is 12.8. The van der Waals surface area contributed by atoms with Gasteiger partial charge in [-0.2, -0.15) is 0 Å². The number of carbonyl (C=O) groups is 1. The van der Waals surface area contributed by atoms with E-state index in [2.05, 4.69) is 19.8 Å². The minimum absolute atomic E-state index is 0.137. The summed E-state index contributed by atoms with van der Waals surface area (Å²) in [7, 11) is -2.98. The highest BCUT2D eigenvalue weighted by molar-refractivity contribution is 7.90. The van der Waals surface area contributed by atoms with Gasteiger partial charge in [-0.25, -0.2) is 18.4 Å². The molecular weight excluding hydrogens is 378 g/mol. The van der Waals surface area contributed by atoms with Crippen molar-refractivity contribution < 1.29 is 13.2 Å². The van der Waals surface area contributed by atoms with Crippen molar-refractivity contribution in [2.75, 3.05) is 62.7 Å². The van der Waals surface area contributed by atoms with Crippen LogP contribution < -0.4 is 4.90 Å². The Balaban J connectivity index is 1.62. The summed E-state index contributed by atoms with van der Waals surface area (Å²) in [5.41, 5.74) is 0.244. The fourth-order valence-corrected chi connectivity index (χ4v) is 3.96. The van der Waals surface area contributed by atoms with Gasteiger partial charge in [0.1, 0.15) is 9.84 Å². The fourth-order valence-electron chi connectivity index (χ4n) is 3.20. The van der Waals surface area contributed by atoms with E-state index >= 15 is 0 Å². The van der Waals surface area contributed by atoms with Crippen molar-refractivity contribution in [1.82, 2.24) is 19.8 Å². The van der Waals surface area contributed by atoms with Crippen LogP contribution in [0.1, 0.15) is 23.3 Å². The van der Waals surface area contributed by atoms with Crippen molar-refractivity contribution in [2.45, 2.75) is 12.8 Å². The quantitative estimate of drug-likeness (QED) is 0.711. The van der Waals surface area contributed by atoms with E-state index in [0.29, 0.717) is 38.7 Å². The third kappa shape index (κ3) is 4.83. The molecule has 0 atom stereocenters. The van der Waals surface area contributed by atoms with Gasteiger partial charge < -0.3 is 9.80 Å². The van der Waals surface area contributed by atoms with E-state index in [9.17, 15) is 13.2 Å². The minimum Gasteiger partial charge on any atom is -0.341 e. The Kier molecular flexibility index (Phi) is 5.99. The SMILES string of the molecule is CS(=O)(=O)CCN1CCN(C(=O)c2nc(N3CCCC3)ncc2Cl)CC1. The molecule has 26 heavy (non-hydrogen) atoms. The highest BCUT2D eigenvalue weighted by atomic mass is 35.5. The summed E-state index contributed by atoms with van der Waals surface area (Å²) in [5.74, 6) is 0.500. The molecule has 0 aliphatic carbocycles. The Hall–Kier alpha value is -1.45. The van der Waals surface area contributed by atoms with Crippen LogP contribution in [0.3, 0.4) is 0 Å². The van der Waals surface area contributed by atoms with Crippen molar-refractivity contribution in [1.29, 1.82) is 0 Å². The molecule has 0 saturated carbocycles. The maximum Gasteiger partial charge on any atom is 0.274 e. The Labute approximate surface area is 159 Å². The molecule has 3 heterocycles. The first kappa shape index (κ1) is 19.3. The van der Waals surface area contributed by atoms with E-state index in [4.69, 9.17) is 11.6 Å². The molecule has 1 amide bonds. The lowest BCUT2D eigenvalue weighted by Crippen LogP contribution is -2.49. The lowest BCUT2D eigenvalue weighted by molar-refractivity contribution is 0.0638. The first-order valence-corrected chi connectivity index (χ1v) is 11.2. The van der Waals surface area contributed by atoms with Crippen LogP contribution in [0.15, 0.2) is 6.20 Å². The van der Waals surface area contributed by atoms with Gasteiger partial charge in [0.15, 0.2) is 5.69 Å². The van der Waals surface area contributed by atoms with Gasteiger partial charge in [-0.3, -0.25) is 9.69 Å². The average Bonchev–Trinajstić information content (AvgIpc) is 3.14. The summed E-state index contributed by atoms with van der Waals surface area (Å²) in [5, 5.41) is 0.262. The molecule has 0 bridgehead atoms. The third-order valence-corrected chi connectivity index (χ3v) is 5.96. The number of piperazine rings is 1. The van der Waals surface area contributed by atoms with Gasteiger partial charge >= 0.3 is 0 Å². The van der Waals surface area contributed by atoms with Crippen molar-refractivity contribution in [3.63, 3.8) is 0 Å². The Morgan fingerprint density at radius 3 is 2.42 bits per heavy atom. The molecule has 2 aliphatic heterocycles.